The Kier molecular flexibility index (Phi) is 8.01. The Hall–Kier alpha value is -2.84. The number of benzene rings is 1. The maximum Gasteiger partial charge on any atom is 0.250 e. The van der Waals surface area contributed by atoms with Gasteiger partial charge in [0.1, 0.15) is 5.76 Å². The summed E-state index contributed by atoms with van der Waals surface area (Å²) in [6, 6.07) is 11.6. The van der Waals surface area contributed by atoms with E-state index < -0.39 is 0 Å². The van der Waals surface area contributed by atoms with Gasteiger partial charge in [0, 0.05) is 16.6 Å². The first-order valence-corrected chi connectivity index (χ1v) is 12.3. The number of nitrogens with zero attached hydrogens (tertiary/aromatic N) is 4. The van der Waals surface area contributed by atoms with Gasteiger partial charge in [-0.05, 0) is 67.8 Å². The summed E-state index contributed by atoms with van der Waals surface area (Å²) < 4.78 is 7.46. The van der Waals surface area contributed by atoms with Crippen LogP contribution < -0.4 is 5.43 Å². The number of thioether (sulfide) groups is 1. The van der Waals surface area contributed by atoms with Gasteiger partial charge in [0.25, 0.3) is 5.91 Å². The summed E-state index contributed by atoms with van der Waals surface area (Å²) in [5.74, 6) is 1.55. The number of aromatic nitrogens is 3. The van der Waals surface area contributed by atoms with Crippen LogP contribution in [0.1, 0.15) is 50.8 Å². The van der Waals surface area contributed by atoms with E-state index in [9.17, 15) is 4.79 Å². The highest BCUT2D eigenvalue weighted by molar-refractivity contribution is 7.99. The highest BCUT2D eigenvalue weighted by atomic mass is 35.5. The quantitative estimate of drug-likeness (QED) is 0.241. The Balaban J connectivity index is 1.42. The molecule has 3 aromatic rings. The van der Waals surface area contributed by atoms with Crippen LogP contribution in [0.3, 0.4) is 0 Å². The van der Waals surface area contributed by atoms with Crippen molar-refractivity contribution in [1.29, 1.82) is 0 Å². The lowest BCUT2D eigenvalue weighted by molar-refractivity contribution is -0.118. The smallest absolute Gasteiger partial charge is 0.250 e. The van der Waals surface area contributed by atoms with Crippen LogP contribution in [0.4, 0.5) is 0 Å². The van der Waals surface area contributed by atoms with Gasteiger partial charge in [0.05, 0.1) is 18.2 Å². The van der Waals surface area contributed by atoms with E-state index in [2.05, 4.69) is 25.3 Å². The van der Waals surface area contributed by atoms with Gasteiger partial charge in [-0.3, -0.25) is 9.36 Å². The van der Waals surface area contributed by atoms with Gasteiger partial charge in [0.2, 0.25) is 0 Å². The molecule has 1 fully saturated rings. The second-order valence-corrected chi connectivity index (χ2v) is 9.34. The molecule has 4 rings (SSSR count). The number of allylic oxidation sites excluding steroid dienone is 1. The molecule has 2 heterocycles. The molecule has 7 nitrogen and oxygen atoms in total. The summed E-state index contributed by atoms with van der Waals surface area (Å²) in [5, 5.41) is 14.3. The minimum Gasteiger partial charge on any atom is -0.465 e. The van der Waals surface area contributed by atoms with E-state index >= 15 is 0 Å². The second-order valence-electron chi connectivity index (χ2n) is 7.96. The maximum absolute atomic E-state index is 12.4. The fraction of sp³-hybridized carbons (Fsp3) is 0.333. The van der Waals surface area contributed by atoms with E-state index in [1.807, 2.05) is 49.4 Å². The van der Waals surface area contributed by atoms with Crippen molar-refractivity contribution in [3.63, 3.8) is 0 Å². The SMILES string of the molecule is CC(/C=N\NC(=O)CSc1nnc(-c2ccc(Cl)cc2)n1C1CCCCC1)=C\c1ccco1. The zero-order valence-electron chi connectivity index (χ0n) is 18.4. The summed E-state index contributed by atoms with van der Waals surface area (Å²) in [4.78, 5) is 12.4. The lowest BCUT2D eigenvalue weighted by Gasteiger charge is -2.25. The largest absolute Gasteiger partial charge is 0.465 e. The molecule has 0 bridgehead atoms. The number of amides is 1. The van der Waals surface area contributed by atoms with E-state index in [1.165, 1.54) is 31.0 Å². The monoisotopic (exact) mass is 483 g/mol. The lowest BCUT2D eigenvalue weighted by Crippen LogP contribution is -2.20. The number of carbonyl (C=O) groups excluding carboxylic acids is 1. The number of hydrogen-bond acceptors (Lipinski definition) is 6. The molecule has 1 aromatic carbocycles. The van der Waals surface area contributed by atoms with Gasteiger partial charge in [-0.2, -0.15) is 5.10 Å². The number of halogens is 1. The summed E-state index contributed by atoms with van der Waals surface area (Å²) >= 11 is 7.44. The topological polar surface area (TPSA) is 85.3 Å². The number of nitrogens with one attached hydrogen (secondary N) is 1. The Bertz CT molecular complexity index is 1120. The number of hydrogen-bond donors (Lipinski definition) is 1. The molecule has 9 heteroatoms. The molecule has 0 atom stereocenters. The molecule has 0 spiro atoms. The molecule has 1 amide bonds. The van der Waals surface area contributed by atoms with Crippen molar-refractivity contribution in [1.82, 2.24) is 20.2 Å². The van der Waals surface area contributed by atoms with Gasteiger partial charge >= 0.3 is 0 Å². The Morgan fingerprint density at radius 2 is 2.03 bits per heavy atom. The fourth-order valence-electron chi connectivity index (χ4n) is 3.84. The van der Waals surface area contributed by atoms with E-state index in [0.717, 1.165) is 40.7 Å². The van der Waals surface area contributed by atoms with Crippen LogP contribution in [-0.2, 0) is 4.79 Å². The van der Waals surface area contributed by atoms with Crippen LogP contribution in [-0.4, -0.2) is 32.6 Å². The van der Waals surface area contributed by atoms with Crippen LogP contribution in [0.15, 0.2) is 62.9 Å². The molecule has 0 unspecified atom stereocenters. The lowest BCUT2D eigenvalue weighted by atomic mass is 9.95. The molecule has 172 valence electrons. The second kappa shape index (κ2) is 11.3. The zero-order chi connectivity index (χ0) is 23.0. The minimum atomic E-state index is -0.201. The van der Waals surface area contributed by atoms with Gasteiger partial charge < -0.3 is 4.42 Å². The first kappa shape index (κ1) is 23.3. The molecule has 33 heavy (non-hydrogen) atoms. The number of hydrazone groups is 1. The number of rotatable bonds is 8. The van der Waals surface area contributed by atoms with Crippen molar-refractivity contribution in [2.45, 2.75) is 50.2 Å². The van der Waals surface area contributed by atoms with E-state index in [-0.39, 0.29) is 11.7 Å². The third-order valence-corrected chi connectivity index (χ3v) is 6.60. The van der Waals surface area contributed by atoms with Crippen molar-refractivity contribution in [3.8, 4) is 11.4 Å². The van der Waals surface area contributed by atoms with Gasteiger partial charge in [-0.1, -0.05) is 42.6 Å². The average Bonchev–Trinajstić information content (AvgIpc) is 3.49. The Morgan fingerprint density at radius 3 is 2.76 bits per heavy atom. The van der Waals surface area contributed by atoms with Crippen LogP contribution in [0, 0.1) is 0 Å². The molecule has 1 N–H and O–H groups in total. The molecule has 0 aliphatic heterocycles. The van der Waals surface area contributed by atoms with Crippen molar-refractivity contribution in [3.05, 3.63) is 59.0 Å². The third kappa shape index (κ3) is 6.36. The van der Waals surface area contributed by atoms with E-state index in [0.29, 0.717) is 11.1 Å². The number of carbonyl (C=O) groups is 1. The molecule has 0 radical (unpaired) electrons. The number of furan rings is 1. The van der Waals surface area contributed by atoms with Crippen molar-refractivity contribution in [2.75, 3.05) is 5.75 Å². The Labute approximate surface area is 202 Å². The molecular formula is C24H26ClN5O2S. The Morgan fingerprint density at radius 1 is 1.24 bits per heavy atom. The van der Waals surface area contributed by atoms with Gasteiger partial charge in [0.15, 0.2) is 11.0 Å². The summed E-state index contributed by atoms with van der Waals surface area (Å²) in [7, 11) is 0. The highest BCUT2D eigenvalue weighted by Gasteiger charge is 2.24. The first-order valence-electron chi connectivity index (χ1n) is 11.0. The van der Waals surface area contributed by atoms with E-state index in [1.54, 1.807) is 12.5 Å². The minimum absolute atomic E-state index is 0.198. The molecular weight excluding hydrogens is 458 g/mol. The molecule has 1 aliphatic carbocycles. The van der Waals surface area contributed by atoms with Crippen LogP contribution in [0.2, 0.25) is 5.02 Å². The molecule has 0 saturated heterocycles. The predicted octanol–water partition coefficient (Wildman–Crippen LogP) is 5.99. The average molecular weight is 484 g/mol. The van der Waals surface area contributed by atoms with Crippen molar-refractivity contribution >= 4 is 41.6 Å². The molecule has 2 aromatic heterocycles. The van der Waals surface area contributed by atoms with Crippen molar-refractivity contribution < 1.29 is 9.21 Å². The van der Waals surface area contributed by atoms with Crippen LogP contribution in [0.25, 0.3) is 17.5 Å². The standard InChI is InChI=1S/C24H26ClN5O2S/c1-17(14-21-8-5-13-32-21)15-26-27-22(31)16-33-24-29-28-23(18-9-11-19(25)12-10-18)30(24)20-6-3-2-4-7-20/h5,8-15,20H,2-4,6-7,16H2,1H3,(H,27,31)/b17-14+,26-15-. The van der Waals surface area contributed by atoms with Gasteiger partial charge in [-0.25, -0.2) is 5.43 Å². The van der Waals surface area contributed by atoms with E-state index in [4.69, 9.17) is 16.0 Å². The fourth-order valence-corrected chi connectivity index (χ4v) is 4.77. The maximum atomic E-state index is 12.4. The normalized spacial score (nSPS) is 15.3. The predicted molar refractivity (Wildman–Crippen MR) is 132 cm³/mol. The van der Waals surface area contributed by atoms with Gasteiger partial charge in [-0.15, -0.1) is 10.2 Å². The first-order chi connectivity index (χ1) is 16.1. The molecule has 1 saturated carbocycles. The van der Waals surface area contributed by atoms with Crippen molar-refractivity contribution in [2.24, 2.45) is 5.10 Å². The zero-order valence-corrected chi connectivity index (χ0v) is 20.0. The summed E-state index contributed by atoms with van der Waals surface area (Å²) in [6.45, 7) is 1.89. The summed E-state index contributed by atoms with van der Waals surface area (Å²) in [5.41, 5.74) is 4.41. The van der Waals surface area contributed by atoms with Crippen LogP contribution in [0.5, 0.6) is 0 Å². The third-order valence-electron chi connectivity index (χ3n) is 5.41. The highest BCUT2D eigenvalue weighted by Crippen LogP contribution is 2.35. The molecule has 1 aliphatic rings. The van der Waals surface area contributed by atoms with Crippen LogP contribution >= 0.6 is 23.4 Å². The summed E-state index contributed by atoms with van der Waals surface area (Å²) in [6.07, 6.45) is 10.9.